The van der Waals surface area contributed by atoms with Gasteiger partial charge in [-0.1, -0.05) is 25.3 Å². The molecule has 2 amide bonds. The molecule has 1 saturated heterocycles. The van der Waals surface area contributed by atoms with Crippen LogP contribution in [0, 0.1) is 5.41 Å². The lowest BCUT2D eigenvalue weighted by Gasteiger charge is -2.35. The lowest BCUT2D eigenvalue weighted by molar-refractivity contribution is -0.140. The van der Waals surface area contributed by atoms with Crippen LogP contribution in [0.5, 0.6) is 0 Å². The third kappa shape index (κ3) is 5.33. The Hall–Kier alpha value is -2.37. The summed E-state index contributed by atoms with van der Waals surface area (Å²) in [6.07, 6.45) is 8.09. The zero-order valence-corrected chi connectivity index (χ0v) is 16.4. The van der Waals surface area contributed by atoms with Crippen molar-refractivity contribution in [3.05, 3.63) is 29.8 Å². The molecule has 2 aliphatic rings. The van der Waals surface area contributed by atoms with E-state index in [9.17, 15) is 19.5 Å². The number of piperidine rings is 1. The number of carbonyl (C=O) groups is 3. The van der Waals surface area contributed by atoms with Crippen molar-refractivity contribution in [1.29, 1.82) is 0 Å². The van der Waals surface area contributed by atoms with Crippen molar-refractivity contribution >= 4 is 23.5 Å². The van der Waals surface area contributed by atoms with Crippen LogP contribution in [0.15, 0.2) is 24.3 Å². The number of hydrogen-bond donors (Lipinski definition) is 2. The lowest BCUT2D eigenvalue weighted by atomic mass is 9.69. The maximum Gasteiger partial charge on any atom is 0.303 e. The van der Waals surface area contributed by atoms with Crippen molar-refractivity contribution in [3.8, 4) is 0 Å². The second-order valence-corrected chi connectivity index (χ2v) is 8.29. The van der Waals surface area contributed by atoms with Gasteiger partial charge in [0.1, 0.15) is 0 Å². The molecule has 6 nitrogen and oxygen atoms in total. The van der Waals surface area contributed by atoms with Crippen LogP contribution in [0.4, 0.5) is 5.69 Å². The quantitative estimate of drug-likeness (QED) is 0.772. The number of amides is 2. The number of carboxylic acids is 1. The van der Waals surface area contributed by atoms with E-state index in [-0.39, 0.29) is 24.7 Å². The summed E-state index contributed by atoms with van der Waals surface area (Å²) < 4.78 is 0. The zero-order valence-electron chi connectivity index (χ0n) is 16.4. The summed E-state index contributed by atoms with van der Waals surface area (Å²) in [4.78, 5) is 38.5. The van der Waals surface area contributed by atoms with Gasteiger partial charge in [-0.2, -0.15) is 0 Å². The number of carbonyl (C=O) groups excluding carboxylic acids is 2. The number of carboxylic acid groups (broad SMARTS) is 1. The number of nitrogens with one attached hydrogen (secondary N) is 1. The van der Waals surface area contributed by atoms with Gasteiger partial charge in [0.05, 0.1) is 6.42 Å². The van der Waals surface area contributed by atoms with Crippen molar-refractivity contribution < 1.29 is 19.5 Å². The van der Waals surface area contributed by atoms with E-state index in [1.54, 1.807) is 24.3 Å². The maximum atomic E-state index is 12.7. The molecule has 3 rings (SSSR count). The first-order chi connectivity index (χ1) is 13.5. The summed E-state index contributed by atoms with van der Waals surface area (Å²) in [6, 6.07) is 7.05. The van der Waals surface area contributed by atoms with E-state index in [0.717, 1.165) is 64.5 Å². The number of likely N-dealkylation sites (tertiary alicyclic amines) is 1. The fourth-order valence-electron chi connectivity index (χ4n) is 4.59. The first-order valence-electron chi connectivity index (χ1n) is 10.4. The van der Waals surface area contributed by atoms with Crippen molar-refractivity contribution in [1.82, 2.24) is 4.90 Å². The molecule has 0 bridgehead atoms. The average Bonchev–Trinajstić information content (AvgIpc) is 2.68. The molecule has 0 spiro atoms. The smallest absolute Gasteiger partial charge is 0.303 e. The van der Waals surface area contributed by atoms with Gasteiger partial charge in [0.25, 0.3) is 5.91 Å². The molecule has 2 N–H and O–H groups in total. The molecule has 0 aromatic heterocycles. The topological polar surface area (TPSA) is 86.7 Å². The Labute approximate surface area is 166 Å². The molecule has 1 aliphatic heterocycles. The first-order valence-corrected chi connectivity index (χ1v) is 10.4. The number of hydrogen-bond acceptors (Lipinski definition) is 3. The second kappa shape index (κ2) is 9.22. The monoisotopic (exact) mass is 386 g/mol. The summed E-state index contributed by atoms with van der Waals surface area (Å²) >= 11 is 0. The largest absolute Gasteiger partial charge is 0.481 e. The van der Waals surface area contributed by atoms with Gasteiger partial charge in [-0.3, -0.25) is 14.4 Å². The fraction of sp³-hybridized carbons (Fsp3) is 0.591. The zero-order chi connectivity index (χ0) is 20.0. The highest BCUT2D eigenvalue weighted by Crippen LogP contribution is 2.42. The number of nitrogens with zero attached hydrogens (tertiary/aromatic N) is 1. The predicted octanol–water partition coefficient (Wildman–Crippen LogP) is 4.07. The summed E-state index contributed by atoms with van der Waals surface area (Å²) in [5, 5.41) is 12.2. The highest BCUT2D eigenvalue weighted by atomic mass is 16.4. The second-order valence-electron chi connectivity index (χ2n) is 8.29. The van der Waals surface area contributed by atoms with Crippen molar-refractivity contribution in [2.45, 2.75) is 64.2 Å². The van der Waals surface area contributed by atoms with Gasteiger partial charge in [-0.05, 0) is 55.7 Å². The highest BCUT2D eigenvalue weighted by Gasteiger charge is 2.36. The van der Waals surface area contributed by atoms with Crippen molar-refractivity contribution in [2.24, 2.45) is 5.41 Å². The SMILES string of the molecule is O=C(O)CC1(CC(=O)Nc2cccc(C(=O)N3CCCCC3)c2)CCCCC1. The molecule has 6 heteroatoms. The number of aliphatic carboxylic acids is 1. The van der Waals surface area contributed by atoms with E-state index in [1.807, 2.05) is 4.90 Å². The molecule has 2 fully saturated rings. The van der Waals surface area contributed by atoms with Crippen LogP contribution in [0.25, 0.3) is 0 Å². The van der Waals surface area contributed by atoms with Gasteiger partial charge >= 0.3 is 5.97 Å². The Morgan fingerprint density at radius 2 is 1.64 bits per heavy atom. The number of rotatable bonds is 6. The van der Waals surface area contributed by atoms with Gasteiger partial charge in [-0.15, -0.1) is 0 Å². The summed E-state index contributed by atoms with van der Waals surface area (Å²) in [5.41, 5.74) is 0.724. The van der Waals surface area contributed by atoms with Crippen LogP contribution in [0.1, 0.15) is 74.6 Å². The first kappa shape index (κ1) is 20.4. The normalized spacial score (nSPS) is 19.1. The van der Waals surface area contributed by atoms with E-state index in [4.69, 9.17) is 0 Å². The van der Waals surface area contributed by atoms with Gasteiger partial charge in [0, 0.05) is 30.8 Å². The summed E-state index contributed by atoms with van der Waals surface area (Å²) in [5.74, 6) is -1.01. The summed E-state index contributed by atoms with van der Waals surface area (Å²) in [6.45, 7) is 1.57. The Morgan fingerprint density at radius 1 is 0.964 bits per heavy atom. The van der Waals surface area contributed by atoms with E-state index in [2.05, 4.69) is 5.32 Å². The lowest BCUT2D eigenvalue weighted by Crippen LogP contribution is -2.35. The molecule has 28 heavy (non-hydrogen) atoms. The predicted molar refractivity (Wildman–Crippen MR) is 107 cm³/mol. The van der Waals surface area contributed by atoms with Crippen LogP contribution in [-0.2, 0) is 9.59 Å². The average molecular weight is 386 g/mol. The van der Waals surface area contributed by atoms with E-state index in [0.29, 0.717) is 11.3 Å². The Morgan fingerprint density at radius 3 is 2.32 bits per heavy atom. The van der Waals surface area contributed by atoms with E-state index < -0.39 is 11.4 Å². The minimum absolute atomic E-state index is 0.00502. The molecule has 1 aromatic rings. The molecule has 1 heterocycles. The molecule has 0 unspecified atom stereocenters. The number of benzene rings is 1. The molecular formula is C22H30N2O4. The Balaban J connectivity index is 1.64. The molecule has 1 aromatic carbocycles. The van der Waals surface area contributed by atoms with Gasteiger partial charge < -0.3 is 15.3 Å². The van der Waals surface area contributed by atoms with E-state index >= 15 is 0 Å². The third-order valence-electron chi connectivity index (χ3n) is 6.01. The van der Waals surface area contributed by atoms with Gasteiger partial charge in [0.15, 0.2) is 0 Å². The molecule has 1 aliphatic carbocycles. The molecule has 152 valence electrons. The van der Waals surface area contributed by atoms with Gasteiger partial charge in [-0.25, -0.2) is 0 Å². The van der Waals surface area contributed by atoms with Crippen LogP contribution in [0.3, 0.4) is 0 Å². The molecule has 0 atom stereocenters. The van der Waals surface area contributed by atoms with E-state index in [1.165, 1.54) is 0 Å². The van der Waals surface area contributed by atoms with Crippen LogP contribution >= 0.6 is 0 Å². The Bertz CT molecular complexity index is 719. The molecule has 1 saturated carbocycles. The fourth-order valence-corrected chi connectivity index (χ4v) is 4.59. The minimum Gasteiger partial charge on any atom is -0.481 e. The number of anilines is 1. The van der Waals surface area contributed by atoms with Crippen LogP contribution in [0.2, 0.25) is 0 Å². The summed E-state index contributed by atoms with van der Waals surface area (Å²) in [7, 11) is 0. The van der Waals surface area contributed by atoms with Crippen LogP contribution < -0.4 is 5.32 Å². The molecule has 0 radical (unpaired) electrons. The standard InChI is InChI=1S/C22H30N2O4/c25-19(15-22(16-20(26)27)10-3-1-4-11-22)23-18-9-7-8-17(14-18)21(28)24-12-5-2-6-13-24/h7-9,14H,1-6,10-13,15-16H2,(H,23,25)(H,26,27). The maximum absolute atomic E-state index is 12.7. The molecular weight excluding hydrogens is 356 g/mol. The third-order valence-corrected chi connectivity index (χ3v) is 6.01. The van der Waals surface area contributed by atoms with Crippen molar-refractivity contribution in [3.63, 3.8) is 0 Å². The van der Waals surface area contributed by atoms with Crippen molar-refractivity contribution in [2.75, 3.05) is 18.4 Å². The minimum atomic E-state index is -0.844. The van der Waals surface area contributed by atoms with Gasteiger partial charge in [0.2, 0.25) is 5.91 Å². The highest BCUT2D eigenvalue weighted by molar-refractivity contribution is 5.97. The Kier molecular flexibility index (Phi) is 6.70. The van der Waals surface area contributed by atoms with Crippen LogP contribution in [-0.4, -0.2) is 40.9 Å².